The maximum Gasteiger partial charge on any atom is 0.269 e. The fourth-order valence-electron chi connectivity index (χ4n) is 6.98. The van der Waals surface area contributed by atoms with Crippen LogP contribution in [0.1, 0.15) is 34.3 Å². The molecule has 0 aliphatic heterocycles. The number of nitro benzene ring substituents is 2. The fourth-order valence-corrected chi connectivity index (χ4v) is 6.98. The molecule has 2 atom stereocenters. The molecule has 2 amide bonds. The predicted octanol–water partition coefficient (Wildman–Crippen LogP) is 9.03. The van der Waals surface area contributed by atoms with Crippen molar-refractivity contribution in [3.8, 4) is 0 Å². The third-order valence-electron chi connectivity index (χ3n) is 10.00. The number of aryl methyl sites for hydroxylation is 2. The van der Waals surface area contributed by atoms with Crippen LogP contribution in [0.4, 0.5) is 54.3 Å². The number of carbonyl (C=O) groups is 2. The summed E-state index contributed by atoms with van der Waals surface area (Å²) in [4.78, 5) is 83.6. The molecule has 0 spiro atoms. The lowest BCUT2D eigenvalue weighted by Gasteiger charge is -2.39. The Morgan fingerprint density at radius 3 is 1.19 bits per heavy atom. The molecule has 2 unspecified atom stereocenters. The zero-order valence-electron chi connectivity index (χ0n) is 32.8. The van der Waals surface area contributed by atoms with E-state index in [1.165, 1.54) is 70.5 Å². The quantitative estimate of drug-likeness (QED) is 0.0608. The van der Waals surface area contributed by atoms with Crippen LogP contribution in [0.15, 0.2) is 155 Å². The van der Waals surface area contributed by atoms with E-state index in [4.69, 9.17) is 0 Å². The topological polar surface area (TPSA) is 185 Å². The minimum atomic E-state index is -1.66. The maximum atomic E-state index is 14.8. The summed E-state index contributed by atoms with van der Waals surface area (Å²) in [5.41, 5.74) is -1.67. The van der Waals surface area contributed by atoms with Crippen molar-refractivity contribution in [3.05, 3.63) is 220 Å². The average molecular weight is 837 g/mol. The molecule has 0 saturated carbocycles. The minimum absolute atomic E-state index is 0.00422. The molecule has 310 valence electrons. The molecule has 0 bridgehead atoms. The summed E-state index contributed by atoms with van der Waals surface area (Å²) in [5, 5.41) is 29.6. The van der Waals surface area contributed by atoms with Crippen LogP contribution in [0.5, 0.6) is 0 Å². The number of nitro groups is 2. The lowest BCUT2D eigenvalue weighted by Crippen LogP contribution is -2.48. The van der Waals surface area contributed by atoms with Crippen molar-refractivity contribution in [2.45, 2.75) is 25.9 Å². The van der Waals surface area contributed by atoms with E-state index < -0.39 is 79.0 Å². The SMILES string of the molecule is Cc1ccc(N(c2c(N(c3ccc(C)cc3)C(C(=O)Nc3ccc(F)cc3)c3cccc([N+](=O)[O-])c3)c(=O)c2=O)C(C(=O)Nc2ccc(F)cc2)c2cccc([N+](=O)[O-])c2)cc1. The van der Waals surface area contributed by atoms with Gasteiger partial charge in [-0.05, 0) is 97.8 Å². The molecule has 62 heavy (non-hydrogen) atoms. The van der Waals surface area contributed by atoms with Crippen LogP contribution in [0, 0.1) is 45.7 Å². The van der Waals surface area contributed by atoms with Crippen molar-refractivity contribution in [1.29, 1.82) is 0 Å². The molecule has 7 aromatic rings. The number of carbonyl (C=O) groups excluding carboxylic acids is 2. The molecular weight excluding hydrogens is 803 g/mol. The first-order chi connectivity index (χ1) is 29.7. The zero-order chi connectivity index (χ0) is 44.2. The molecule has 0 aliphatic rings. The first-order valence-corrected chi connectivity index (χ1v) is 18.9. The summed E-state index contributed by atoms with van der Waals surface area (Å²) in [5.74, 6) is -2.90. The van der Waals surface area contributed by atoms with E-state index in [2.05, 4.69) is 10.6 Å². The van der Waals surface area contributed by atoms with Crippen LogP contribution in [0.2, 0.25) is 0 Å². The van der Waals surface area contributed by atoms with Gasteiger partial charge in [0.25, 0.3) is 34.0 Å². The molecule has 0 aliphatic carbocycles. The summed E-state index contributed by atoms with van der Waals surface area (Å²) in [6.45, 7) is 3.58. The molecule has 0 heterocycles. The van der Waals surface area contributed by atoms with Gasteiger partial charge in [-0.3, -0.25) is 39.4 Å². The summed E-state index contributed by atoms with van der Waals surface area (Å²) in [6, 6.07) is 29.5. The van der Waals surface area contributed by atoms with Crippen molar-refractivity contribution in [2.24, 2.45) is 0 Å². The normalized spacial score (nSPS) is 11.9. The van der Waals surface area contributed by atoms with E-state index in [1.54, 1.807) is 62.4 Å². The Balaban J connectivity index is 1.52. The molecule has 14 nitrogen and oxygen atoms in total. The van der Waals surface area contributed by atoms with Gasteiger partial charge in [0.05, 0.1) is 9.85 Å². The Bertz CT molecular complexity index is 2700. The molecule has 0 aromatic heterocycles. The van der Waals surface area contributed by atoms with Gasteiger partial charge in [0.15, 0.2) is 0 Å². The van der Waals surface area contributed by atoms with Crippen LogP contribution in [-0.4, -0.2) is 21.7 Å². The number of benzene rings is 6. The Morgan fingerprint density at radius 2 is 0.871 bits per heavy atom. The number of hydrogen-bond donors (Lipinski definition) is 2. The molecule has 2 N–H and O–H groups in total. The number of non-ortho nitro benzene ring substituents is 2. The number of nitrogens with one attached hydrogen (secondary N) is 2. The number of nitrogens with zero attached hydrogens (tertiary/aromatic N) is 4. The van der Waals surface area contributed by atoms with E-state index in [0.29, 0.717) is 0 Å². The van der Waals surface area contributed by atoms with Crippen molar-refractivity contribution in [3.63, 3.8) is 0 Å². The lowest BCUT2D eigenvalue weighted by atomic mass is 9.96. The third-order valence-corrected chi connectivity index (χ3v) is 10.00. The number of hydrogen-bond acceptors (Lipinski definition) is 10. The molecule has 0 radical (unpaired) electrons. The first kappa shape index (κ1) is 41.7. The van der Waals surface area contributed by atoms with Crippen molar-refractivity contribution in [1.82, 2.24) is 0 Å². The zero-order valence-corrected chi connectivity index (χ0v) is 32.8. The van der Waals surface area contributed by atoms with Crippen molar-refractivity contribution < 1.29 is 28.2 Å². The van der Waals surface area contributed by atoms with Gasteiger partial charge in [-0.15, -0.1) is 0 Å². The molecule has 0 fully saturated rings. The molecular formula is C46H34F2N6O8. The van der Waals surface area contributed by atoms with Gasteiger partial charge < -0.3 is 20.4 Å². The first-order valence-electron chi connectivity index (χ1n) is 18.9. The smallest absolute Gasteiger partial charge is 0.269 e. The standard InChI is InChI=1S/C46H34F2N6O8/c1-27-9-21-35(22-10-27)51(39(29-5-3-7-37(25-29)53(59)60)45(57)49-33-17-13-31(47)14-18-33)41-42(44(56)43(41)55)52(36-23-11-28(2)12-24-36)40(30-6-4-8-38(26-30)54(61)62)46(58)50-34-19-15-32(48)16-20-34/h3-26,39-40H,1-2H3,(H,49,57)(H,50,58). The van der Waals surface area contributed by atoms with E-state index in [9.17, 15) is 48.2 Å². The largest absolute Gasteiger partial charge is 0.324 e. The predicted molar refractivity (Wildman–Crippen MR) is 230 cm³/mol. The third kappa shape index (κ3) is 8.65. The van der Waals surface area contributed by atoms with Gasteiger partial charge >= 0.3 is 0 Å². The van der Waals surface area contributed by atoms with Crippen LogP contribution in [0.25, 0.3) is 0 Å². The fraction of sp³-hybridized carbons (Fsp3) is 0.0870. The maximum absolute atomic E-state index is 14.8. The van der Waals surface area contributed by atoms with E-state index >= 15 is 0 Å². The van der Waals surface area contributed by atoms with Gasteiger partial charge in [-0.2, -0.15) is 0 Å². The Hall–Kier alpha value is -8.40. The average Bonchev–Trinajstić information content (AvgIpc) is 3.26. The second-order valence-corrected chi connectivity index (χ2v) is 14.3. The van der Waals surface area contributed by atoms with E-state index in [0.717, 1.165) is 47.5 Å². The highest BCUT2D eigenvalue weighted by molar-refractivity contribution is 6.03. The second kappa shape index (κ2) is 17.4. The minimum Gasteiger partial charge on any atom is -0.324 e. The summed E-state index contributed by atoms with van der Waals surface area (Å²) in [7, 11) is 0. The van der Waals surface area contributed by atoms with Crippen LogP contribution >= 0.6 is 0 Å². The van der Waals surface area contributed by atoms with Crippen LogP contribution in [0.3, 0.4) is 0 Å². The summed E-state index contributed by atoms with van der Waals surface area (Å²) in [6.07, 6.45) is 0. The van der Waals surface area contributed by atoms with Crippen molar-refractivity contribution in [2.75, 3.05) is 20.4 Å². The Morgan fingerprint density at radius 1 is 0.532 bits per heavy atom. The summed E-state index contributed by atoms with van der Waals surface area (Å²) < 4.78 is 27.9. The number of amides is 2. The van der Waals surface area contributed by atoms with E-state index in [-0.39, 0.29) is 33.9 Å². The molecule has 0 saturated heterocycles. The van der Waals surface area contributed by atoms with Gasteiger partial charge in [-0.25, -0.2) is 8.78 Å². The van der Waals surface area contributed by atoms with Gasteiger partial charge in [0.2, 0.25) is 0 Å². The Labute approximate surface area is 351 Å². The number of halogens is 2. The van der Waals surface area contributed by atoms with Gasteiger partial charge in [0, 0.05) is 47.0 Å². The molecule has 7 aromatic carbocycles. The van der Waals surface area contributed by atoms with Gasteiger partial charge in [0.1, 0.15) is 35.1 Å². The lowest BCUT2D eigenvalue weighted by molar-refractivity contribution is -0.385. The van der Waals surface area contributed by atoms with Crippen LogP contribution in [-0.2, 0) is 9.59 Å². The van der Waals surface area contributed by atoms with E-state index in [1.807, 2.05) is 0 Å². The molecule has 7 rings (SSSR count). The second-order valence-electron chi connectivity index (χ2n) is 14.3. The van der Waals surface area contributed by atoms with Crippen molar-refractivity contribution >= 4 is 57.3 Å². The van der Waals surface area contributed by atoms with Crippen LogP contribution < -0.4 is 31.3 Å². The highest BCUT2D eigenvalue weighted by Crippen LogP contribution is 2.45. The summed E-state index contributed by atoms with van der Waals surface area (Å²) >= 11 is 0. The Kier molecular flexibility index (Phi) is 11.7. The highest BCUT2D eigenvalue weighted by Gasteiger charge is 2.42. The monoisotopic (exact) mass is 836 g/mol. The number of rotatable bonds is 14. The van der Waals surface area contributed by atoms with Gasteiger partial charge in [-0.1, -0.05) is 59.7 Å². The highest BCUT2D eigenvalue weighted by atomic mass is 19.1. The number of anilines is 6. The molecule has 16 heteroatoms.